The maximum absolute atomic E-state index is 12.4. The van der Waals surface area contributed by atoms with Gasteiger partial charge in [0.25, 0.3) is 0 Å². The molecule has 0 bridgehead atoms. The molecule has 0 aliphatic carbocycles. The Morgan fingerprint density at radius 2 is 1.79 bits per heavy atom. The van der Waals surface area contributed by atoms with Gasteiger partial charge in [-0.2, -0.15) is 4.31 Å². The number of rotatable bonds is 4. The molecule has 2 aliphatic rings. The third-order valence-electron chi connectivity index (χ3n) is 4.45. The van der Waals surface area contributed by atoms with Crippen molar-refractivity contribution in [1.82, 2.24) is 9.21 Å². The van der Waals surface area contributed by atoms with Crippen LogP contribution in [0.1, 0.15) is 18.9 Å². The first-order valence-electron chi connectivity index (χ1n) is 8.13. The second-order valence-corrected chi connectivity index (χ2v) is 8.01. The zero-order valence-electron chi connectivity index (χ0n) is 13.7. The fourth-order valence-corrected chi connectivity index (χ4v) is 4.29. The first-order valence-corrected chi connectivity index (χ1v) is 9.64. The Kier molecular flexibility index (Phi) is 5.03. The number of piperazine rings is 1. The largest absolute Gasteiger partial charge is 0.461 e. The summed E-state index contributed by atoms with van der Waals surface area (Å²) in [5.74, 6) is -0.192. The second kappa shape index (κ2) is 7.04. The molecule has 0 spiro atoms. The monoisotopic (exact) mass is 350 g/mol. The summed E-state index contributed by atoms with van der Waals surface area (Å²) in [6.07, 6.45) is 2.23. The van der Waals surface area contributed by atoms with Crippen molar-refractivity contribution in [2.45, 2.75) is 25.5 Å². The van der Waals surface area contributed by atoms with Crippen LogP contribution < -0.4 is 0 Å². The van der Waals surface area contributed by atoms with Crippen molar-refractivity contribution in [2.75, 3.05) is 26.2 Å². The average molecular weight is 350 g/mol. The zero-order chi connectivity index (χ0) is 17.2. The summed E-state index contributed by atoms with van der Waals surface area (Å²) < 4.78 is 31.5. The first kappa shape index (κ1) is 17.1. The highest BCUT2D eigenvalue weighted by Crippen LogP contribution is 2.22. The van der Waals surface area contributed by atoms with Crippen LogP contribution in [-0.4, -0.2) is 61.9 Å². The van der Waals surface area contributed by atoms with Crippen LogP contribution in [0.25, 0.3) is 6.08 Å². The third-order valence-corrected chi connectivity index (χ3v) is 6.02. The lowest BCUT2D eigenvalue weighted by atomic mass is 10.1. The Labute approximate surface area is 142 Å². The van der Waals surface area contributed by atoms with Gasteiger partial charge in [0.2, 0.25) is 10.0 Å². The molecule has 0 N–H and O–H groups in total. The van der Waals surface area contributed by atoms with Crippen molar-refractivity contribution in [2.24, 2.45) is 0 Å². The molecule has 3 rings (SSSR count). The normalized spacial score (nSPS) is 26.8. The number of nitrogens with zero attached hydrogens (tertiary/aromatic N) is 2. The maximum Gasteiger partial charge on any atom is 0.323 e. The molecule has 0 radical (unpaired) electrons. The second-order valence-electron chi connectivity index (χ2n) is 6.19. The molecule has 2 aliphatic heterocycles. The van der Waals surface area contributed by atoms with E-state index >= 15 is 0 Å². The minimum Gasteiger partial charge on any atom is -0.461 e. The van der Waals surface area contributed by atoms with Gasteiger partial charge in [-0.3, -0.25) is 9.69 Å². The van der Waals surface area contributed by atoms with Crippen molar-refractivity contribution < 1.29 is 17.9 Å². The van der Waals surface area contributed by atoms with Gasteiger partial charge in [-0.05, 0) is 18.6 Å². The number of ether oxygens (including phenoxy) is 1. The number of cyclic esters (lactones) is 1. The van der Waals surface area contributed by atoms with Crippen LogP contribution in [0.4, 0.5) is 0 Å². The average Bonchev–Trinajstić information content (AvgIpc) is 2.93. The van der Waals surface area contributed by atoms with E-state index in [0.29, 0.717) is 32.6 Å². The van der Waals surface area contributed by atoms with Crippen LogP contribution in [0.2, 0.25) is 0 Å². The van der Waals surface area contributed by atoms with E-state index in [4.69, 9.17) is 4.74 Å². The highest BCUT2D eigenvalue weighted by molar-refractivity contribution is 7.92. The molecule has 0 saturated carbocycles. The van der Waals surface area contributed by atoms with Gasteiger partial charge in [-0.15, -0.1) is 0 Å². The fourth-order valence-electron chi connectivity index (χ4n) is 3.12. The highest BCUT2D eigenvalue weighted by Gasteiger charge is 2.38. The van der Waals surface area contributed by atoms with Gasteiger partial charge < -0.3 is 4.74 Å². The summed E-state index contributed by atoms with van der Waals surface area (Å²) in [7, 11) is -3.44. The van der Waals surface area contributed by atoms with Gasteiger partial charge in [-0.1, -0.05) is 30.3 Å². The van der Waals surface area contributed by atoms with Gasteiger partial charge >= 0.3 is 5.97 Å². The highest BCUT2D eigenvalue weighted by atomic mass is 32.2. The lowest BCUT2D eigenvalue weighted by Gasteiger charge is -2.35. The van der Waals surface area contributed by atoms with Crippen LogP contribution >= 0.6 is 0 Å². The first-order chi connectivity index (χ1) is 11.5. The minimum atomic E-state index is -3.44. The molecule has 24 heavy (non-hydrogen) atoms. The number of esters is 1. The van der Waals surface area contributed by atoms with Crippen LogP contribution in [0, 0.1) is 0 Å². The molecular weight excluding hydrogens is 328 g/mol. The van der Waals surface area contributed by atoms with E-state index in [0.717, 1.165) is 5.56 Å². The van der Waals surface area contributed by atoms with Gasteiger partial charge in [0.1, 0.15) is 12.1 Å². The minimum absolute atomic E-state index is 0.0573. The van der Waals surface area contributed by atoms with Gasteiger partial charge in [0.15, 0.2) is 0 Å². The Morgan fingerprint density at radius 3 is 2.38 bits per heavy atom. The van der Waals surface area contributed by atoms with Crippen molar-refractivity contribution >= 4 is 22.1 Å². The molecule has 130 valence electrons. The SMILES string of the molecule is C[C@@H]1C[C@@H](N2CCN(S(=O)(=O)/C=C/c3ccccc3)CC2)C(=O)O1. The number of benzene rings is 1. The van der Waals surface area contributed by atoms with Crippen molar-refractivity contribution in [3.63, 3.8) is 0 Å². The van der Waals surface area contributed by atoms with Crippen molar-refractivity contribution in [1.29, 1.82) is 0 Å². The summed E-state index contributed by atoms with van der Waals surface area (Å²) in [4.78, 5) is 13.8. The van der Waals surface area contributed by atoms with E-state index in [-0.39, 0.29) is 18.1 Å². The van der Waals surface area contributed by atoms with Crippen molar-refractivity contribution in [3.05, 3.63) is 41.3 Å². The molecule has 2 atom stereocenters. The number of carbonyl (C=O) groups is 1. The lowest BCUT2D eigenvalue weighted by molar-refractivity contribution is -0.145. The maximum atomic E-state index is 12.4. The summed E-state index contributed by atoms with van der Waals surface area (Å²) in [5, 5.41) is 1.25. The number of hydrogen-bond donors (Lipinski definition) is 0. The van der Waals surface area contributed by atoms with Crippen LogP contribution in [0.15, 0.2) is 35.7 Å². The van der Waals surface area contributed by atoms with E-state index in [1.54, 1.807) is 6.08 Å². The molecule has 7 heteroatoms. The number of carbonyl (C=O) groups excluding carboxylic acids is 1. The molecule has 0 aromatic heterocycles. The molecule has 2 fully saturated rings. The lowest BCUT2D eigenvalue weighted by Crippen LogP contribution is -2.52. The van der Waals surface area contributed by atoms with Crippen LogP contribution in [-0.2, 0) is 19.6 Å². The molecule has 6 nitrogen and oxygen atoms in total. The summed E-state index contributed by atoms with van der Waals surface area (Å²) >= 11 is 0. The molecule has 1 aromatic carbocycles. The summed E-state index contributed by atoms with van der Waals surface area (Å²) in [6.45, 7) is 3.75. The molecule has 2 heterocycles. The summed E-state index contributed by atoms with van der Waals surface area (Å²) in [5.41, 5.74) is 0.849. The van der Waals surface area contributed by atoms with Gasteiger partial charge in [0, 0.05) is 38.0 Å². The fraction of sp³-hybridized carbons (Fsp3) is 0.471. The Balaban J connectivity index is 1.59. The van der Waals surface area contributed by atoms with E-state index in [1.807, 2.05) is 42.2 Å². The van der Waals surface area contributed by atoms with Gasteiger partial charge in [0.05, 0.1) is 0 Å². The Morgan fingerprint density at radius 1 is 1.12 bits per heavy atom. The number of sulfonamides is 1. The molecule has 1 aromatic rings. The van der Waals surface area contributed by atoms with E-state index in [2.05, 4.69) is 0 Å². The quantitative estimate of drug-likeness (QED) is 0.766. The molecular formula is C17H22N2O4S. The predicted octanol–water partition coefficient (Wildman–Crippen LogP) is 1.31. The third kappa shape index (κ3) is 3.85. The molecule has 2 saturated heterocycles. The van der Waals surface area contributed by atoms with Gasteiger partial charge in [-0.25, -0.2) is 8.42 Å². The predicted molar refractivity (Wildman–Crippen MR) is 91.5 cm³/mol. The Bertz CT molecular complexity index is 709. The standard InChI is InChI=1S/C17H22N2O4S/c1-14-13-16(17(20)23-14)18-8-10-19(11-9-18)24(21,22)12-7-15-5-3-2-4-6-15/h2-7,12,14,16H,8-11,13H2,1H3/b12-7+/t14-,16-/m1/s1. The topological polar surface area (TPSA) is 66.9 Å². The summed E-state index contributed by atoms with van der Waals surface area (Å²) in [6, 6.07) is 9.11. The van der Waals surface area contributed by atoms with E-state index < -0.39 is 10.0 Å². The molecule has 0 amide bonds. The van der Waals surface area contributed by atoms with Crippen LogP contribution in [0.3, 0.4) is 0 Å². The number of hydrogen-bond acceptors (Lipinski definition) is 5. The van der Waals surface area contributed by atoms with Crippen molar-refractivity contribution in [3.8, 4) is 0 Å². The zero-order valence-corrected chi connectivity index (χ0v) is 14.5. The molecule has 0 unspecified atom stereocenters. The van der Waals surface area contributed by atoms with Crippen LogP contribution in [0.5, 0.6) is 0 Å². The van der Waals surface area contributed by atoms with E-state index in [1.165, 1.54) is 9.71 Å². The Hall–Kier alpha value is -1.70. The smallest absolute Gasteiger partial charge is 0.323 e. The van der Waals surface area contributed by atoms with E-state index in [9.17, 15) is 13.2 Å².